The highest BCUT2D eigenvalue weighted by Gasteiger charge is 2.17. The lowest BCUT2D eigenvalue weighted by molar-refractivity contribution is 0.154. The zero-order valence-corrected chi connectivity index (χ0v) is 10.6. The summed E-state index contributed by atoms with van der Waals surface area (Å²) >= 11 is 0. The SMILES string of the molecule is CC(C)Oc1cccnc1N(CCN)CC(F)F. The Morgan fingerprint density at radius 2 is 2.17 bits per heavy atom. The number of nitrogens with zero attached hydrogens (tertiary/aromatic N) is 2. The van der Waals surface area contributed by atoms with Crippen LogP contribution in [0.5, 0.6) is 5.75 Å². The minimum absolute atomic E-state index is 0.0424. The van der Waals surface area contributed by atoms with Gasteiger partial charge in [0.25, 0.3) is 6.43 Å². The topological polar surface area (TPSA) is 51.4 Å². The van der Waals surface area contributed by atoms with Crippen molar-refractivity contribution in [3.8, 4) is 5.75 Å². The summed E-state index contributed by atoms with van der Waals surface area (Å²) in [5, 5.41) is 0. The van der Waals surface area contributed by atoms with Crippen molar-refractivity contribution in [2.75, 3.05) is 24.5 Å². The first-order chi connectivity index (χ1) is 8.54. The van der Waals surface area contributed by atoms with Crippen molar-refractivity contribution in [3.63, 3.8) is 0 Å². The second kappa shape index (κ2) is 7.10. The van der Waals surface area contributed by atoms with Crippen LogP contribution in [0.4, 0.5) is 14.6 Å². The van der Waals surface area contributed by atoms with E-state index in [1.807, 2.05) is 13.8 Å². The monoisotopic (exact) mass is 259 g/mol. The van der Waals surface area contributed by atoms with E-state index in [1.54, 1.807) is 18.3 Å². The number of pyridine rings is 1. The highest BCUT2D eigenvalue weighted by atomic mass is 19.3. The van der Waals surface area contributed by atoms with Crippen LogP contribution in [0.25, 0.3) is 0 Å². The summed E-state index contributed by atoms with van der Waals surface area (Å²) in [5.41, 5.74) is 5.44. The molecule has 4 nitrogen and oxygen atoms in total. The Hall–Kier alpha value is -1.43. The summed E-state index contributed by atoms with van der Waals surface area (Å²) in [4.78, 5) is 5.56. The number of nitrogens with two attached hydrogens (primary N) is 1. The van der Waals surface area contributed by atoms with Crippen molar-refractivity contribution in [1.29, 1.82) is 0 Å². The maximum absolute atomic E-state index is 12.5. The molecule has 0 fully saturated rings. The maximum atomic E-state index is 12.5. The van der Waals surface area contributed by atoms with Gasteiger partial charge in [-0.05, 0) is 26.0 Å². The Kier molecular flexibility index (Phi) is 5.77. The molecule has 0 aliphatic heterocycles. The zero-order valence-electron chi connectivity index (χ0n) is 10.6. The van der Waals surface area contributed by atoms with Crippen LogP contribution in [-0.2, 0) is 0 Å². The Balaban J connectivity index is 2.94. The summed E-state index contributed by atoms with van der Waals surface area (Å²) < 4.78 is 30.6. The third-order valence-electron chi connectivity index (χ3n) is 2.17. The first kappa shape index (κ1) is 14.6. The molecule has 0 bridgehead atoms. The lowest BCUT2D eigenvalue weighted by Crippen LogP contribution is -2.34. The molecule has 18 heavy (non-hydrogen) atoms. The minimum atomic E-state index is -2.44. The van der Waals surface area contributed by atoms with Gasteiger partial charge in [-0.15, -0.1) is 0 Å². The summed E-state index contributed by atoms with van der Waals surface area (Å²) in [6, 6.07) is 3.43. The van der Waals surface area contributed by atoms with E-state index in [-0.39, 0.29) is 12.6 Å². The molecular weight excluding hydrogens is 240 g/mol. The van der Waals surface area contributed by atoms with E-state index in [2.05, 4.69) is 4.98 Å². The molecule has 1 aromatic rings. The number of aromatic nitrogens is 1. The number of halogens is 2. The quantitative estimate of drug-likeness (QED) is 0.812. The summed E-state index contributed by atoms with van der Waals surface area (Å²) in [7, 11) is 0. The number of hydrogen-bond acceptors (Lipinski definition) is 4. The predicted octanol–water partition coefficient (Wildman–Crippen LogP) is 1.90. The van der Waals surface area contributed by atoms with Crippen molar-refractivity contribution in [1.82, 2.24) is 4.98 Å². The number of anilines is 1. The van der Waals surface area contributed by atoms with Gasteiger partial charge in [0.15, 0.2) is 11.6 Å². The average molecular weight is 259 g/mol. The van der Waals surface area contributed by atoms with Crippen molar-refractivity contribution in [2.24, 2.45) is 5.73 Å². The van der Waals surface area contributed by atoms with Crippen LogP contribution in [0.15, 0.2) is 18.3 Å². The van der Waals surface area contributed by atoms with E-state index in [0.29, 0.717) is 18.1 Å². The van der Waals surface area contributed by atoms with Gasteiger partial charge in [0.1, 0.15) is 0 Å². The first-order valence-corrected chi connectivity index (χ1v) is 5.89. The highest BCUT2D eigenvalue weighted by Crippen LogP contribution is 2.26. The molecule has 1 heterocycles. The number of ether oxygens (including phenoxy) is 1. The van der Waals surface area contributed by atoms with Gasteiger partial charge in [-0.1, -0.05) is 0 Å². The average Bonchev–Trinajstić information content (AvgIpc) is 2.28. The van der Waals surface area contributed by atoms with E-state index in [9.17, 15) is 8.78 Å². The molecule has 1 rings (SSSR count). The molecule has 0 radical (unpaired) electrons. The molecule has 0 unspecified atom stereocenters. The van der Waals surface area contributed by atoms with Crippen LogP contribution in [0.2, 0.25) is 0 Å². The molecule has 0 atom stereocenters. The normalized spacial score (nSPS) is 11.1. The lowest BCUT2D eigenvalue weighted by atomic mass is 10.3. The summed E-state index contributed by atoms with van der Waals surface area (Å²) in [6.07, 6.45) is -0.929. The smallest absolute Gasteiger partial charge is 0.255 e. The highest BCUT2D eigenvalue weighted by molar-refractivity contribution is 5.52. The number of hydrogen-bond donors (Lipinski definition) is 1. The number of rotatable bonds is 7. The molecular formula is C12H19F2N3O. The van der Waals surface area contributed by atoms with Crippen LogP contribution in [0.3, 0.4) is 0 Å². The molecule has 0 aromatic carbocycles. The van der Waals surface area contributed by atoms with Crippen molar-refractivity contribution in [3.05, 3.63) is 18.3 Å². The predicted molar refractivity (Wildman–Crippen MR) is 67.3 cm³/mol. The van der Waals surface area contributed by atoms with Crippen molar-refractivity contribution in [2.45, 2.75) is 26.4 Å². The minimum Gasteiger partial charge on any atom is -0.487 e. The Bertz CT molecular complexity index is 361. The van der Waals surface area contributed by atoms with E-state index in [1.165, 1.54) is 4.90 Å². The summed E-state index contributed by atoms with van der Waals surface area (Å²) in [5.74, 6) is 0.915. The zero-order chi connectivity index (χ0) is 13.5. The van der Waals surface area contributed by atoms with Crippen LogP contribution < -0.4 is 15.4 Å². The Labute approximate surface area is 106 Å². The van der Waals surface area contributed by atoms with Gasteiger partial charge >= 0.3 is 0 Å². The fraction of sp³-hybridized carbons (Fsp3) is 0.583. The molecule has 2 N–H and O–H groups in total. The van der Waals surface area contributed by atoms with Gasteiger partial charge in [-0.2, -0.15) is 0 Å². The maximum Gasteiger partial charge on any atom is 0.255 e. The van der Waals surface area contributed by atoms with Crippen LogP contribution in [0.1, 0.15) is 13.8 Å². The number of alkyl halides is 2. The van der Waals surface area contributed by atoms with Crippen molar-refractivity contribution >= 4 is 5.82 Å². The van der Waals surface area contributed by atoms with Gasteiger partial charge in [-0.25, -0.2) is 13.8 Å². The first-order valence-electron chi connectivity index (χ1n) is 5.89. The van der Waals surface area contributed by atoms with Gasteiger partial charge in [0.05, 0.1) is 12.6 Å². The largest absolute Gasteiger partial charge is 0.487 e. The molecule has 102 valence electrons. The molecule has 1 aromatic heterocycles. The lowest BCUT2D eigenvalue weighted by Gasteiger charge is -2.25. The molecule has 0 saturated heterocycles. The fourth-order valence-corrected chi connectivity index (χ4v) is 1.57. The van der Waals surface area contributed by atoms with E-state index in [0.717, 1.165) is 0 Å². The third kappa shape index (κ3) is 4.44. The van der Waals surface area contributed by atoms with E-state index < -0.39 is 13.0 Å². The van der Waals surface area contributed by atoms with Crippen LogP contribution >= 0.6 is 0 Å². The van der Waals surface area contributed by atoms with Gasteiger partial charge in [-0.3, -0.25) is 0 Å². The second-order valence-electron chi connectivity index (χ2n) is 4.12. The molecule has 0 spiro atoms. The third-order valence-corrected chi connectivity index (χ3v) is 2.17. The van der Waals surface area contributed by atoms with Gasteiger partial charge in [0.2, 0.25) is 0 Å². The van der Waals surface area contributed by atoms with Crippen LogP contribution in [0, 0.1) is 0 Å². The van der Waals surface area contributed by atoms with Crippen molar-refractivity contribution < 1.29 is 13.5 Å². The Morgan fingerprint density at radius 3 is 2.72 bits per heavy atom. The van der Waals surface area contributed by atoms with E-state index in [4.69, 9.17) is 10.5 Å². The van der Waals surface area contributed by atoms with E-state index >= 15 is 0 Å². The second-order valence-corrected chi connectivity index (χ2v) is 4.12. The molecule has 6 heteroatoms. The molecule has 0 saturated carbocycles. The summed E-state index contributed by atoms with van der Waals surface area (Å²) in [6.45, 7) is 3.94. The standard InChI is InChI=1S/C12H19F2N3O/c1-9(2)18-10-4-3-6-16-12(10)17(7-5-15)8-11(13)14/h3-4,6,9,11H,5,7-8,15H2,1-2H3. The van der Waals surface area contributed by atoms with Gasteiger partial charge < -0.3 is 15.4 Å². The fourth-order valence-electron chi connectivity index (χ4n) is 1.57. The van der Waals surface area contributed by atoms with Gasteiger partial charge in [0, 0.05) is 19.3 Å². The molecule has 0 aliphatic carbocycles. The Morgan fingerprint density at radius 1 is 1.44 bits per heavy atom. The van der Waals surface area contributed by atoms with Crippen LogP contribution in [-0.4, -0.2) is 37.1 Å². The molecule has 0 aliphatic rings. The molecule has 0 amide bonds.